The number of ether oxygens (including phenoxy) is 2. The summed E-state index contributed by atoms with van der Waals surface area (Å²) >= 11 is 0. The highest BCUT2D eigenvalue weighted by atomic mass is 16.5. The van der Waals surface area contributed by atoms with Crippen LogP contribution in [0.5, 0.6) is 11.5 Å². The van der Waals surface area contributed by atoms with Crippen molar-refractivity contribution in [2.75, 3.05) is 7.11 Å². The highest BCUT2D eigenvalue weighted by molar-refractivity contribution is 5.88. The van der Waals surface area contributed by atoms with Gasteiger partial charge in [-0.3, -0.25) is 0 Å². The fourth-order valence-corrected chi connectivity index (χ4v) is 6.61. The molecular weight excluding hydrogens is 416 g/mol. The summed E-state index contributed by atoms with van der Waals surface area (Å²) in [6.07, 6.45) is 2.31. The smallest absolute Gasteiger partial charge is 0.160 e. The van der Waals surface area contributed by atoms with Crippen LogP contribution in [0.15, 0.2) is 36.4 Å². The molecule has 33 heavy (non-hydrogen) atoms. The maximum absolute atomic E-state index is 10.8. The zero-order valence-corrected chi connectivity index (χ0v) is 19.0. The Kier molecular flexibility index (Phi) is 5.43. The van der Waals surface area contributed by atoms with Crippen LogP contribution < -0.4 is 4.74 Å². The number of aliphatic hydroxyl groups is 1. The number of fused-ring (bicyclic) bond motifs is 5. The lowest BCUT2D eigenvalue weighted by molar-refractivity contribution is -0.0462. The second kappa shape index (κ2) is 8.16. The molecule has 0 spiro atoms. The fourth-order valence-electron chi connectivity index (χ4n) is 6.61. The Labute approximate surface area is 194 Å². The van der Waals surface area contributed by atoms with E-state index in [-0.39, 0.29) is 35.0 Å². The number of rotatable bonds is 4. The van der Waals surface area contributed by atoms with Gasteiger partial charge in [0.05, 0.1) is 37.6 Å². The summed E-state index contributed by atoms with van der Waals surface area (Å²) in [5.41, 5.74) is 4.09. The second-order valence-corrected chi connectivity index (χ2v) is 10.0. The third-order valence-corrected chi connectivity index (χ3v) is 8.35. The van der Waals surface area contributed by atoms with Crippen molar-refractivity contribution in [3.05, 3.63) is 58.7 Å². The molecule has 0 aliphatic heterocycles. The number of benzene rings is 2. The number of aromatic hydroxyl groups is 1. The van der Waals surface area contributed by atoms with E-state index in [4.69, 9.17) is 20.1 Å². The van der Waals surface area contributed by atoms with Gasteiger partial charge in [0.2, 0.25) is 0 Å². The molecule has 3 N–H and O–H groups in total. The van der Waals surface area contributed by atoms with Gasteiger partial charge in [-0.25, -0.2) is 0 Å². The number of phenols is 1. The zero-order valence-electron chi connectivity index (χ0n) is 19.0. The highest BCUT2D eigenvalue weighted by Gasteiger charge is 2.58. The van der Waals surface area contributed by atoms with Crippen molar-refractivity contribution >= 4 is 5.71 Å². The van der Waals surface area contributed by atoms with Gasteiger partial charge >= 0.3 is 0 Å². The Hall–Kier alpha value is -2.88. The molecule has 0 amide bonds. The molecule has 2 aromatic rings. The molecule has 0 aromatic heterocycles. The van der Waals surface area contributed by atoms with Gasteiger partial charge in [0.15, 0.2) is 11.5 Å². The number of phenolic OH excluding ortho intramolecular Hbond substituents is 1. The van der Waals surface area contributed by atoms with Crippen LogP contribution in [-0.2, 0) is 11.3 Å². The topological polar surface area (TPSA) is 107 Å². The van der Waals surface area contributed by atoms with Crippen LogP contribution in [-0.4, -0.2) is 29.1 Å². The molecule has 3 aliphatic rings. The number of methoxy groups -OCH3 is 1. The number of hydrogen-bond acceptors (Lipinski definition) is 6. The number of aliphatic hydroxyl groups excluding tert-OH is 1. The summed E-state index contributed by atoms with van der Waals surface area (Å²) in [6, 6.07) is 13.2. The Bertz CT molecular complexity index is 1120. The number of nitrogens with zero attached hydrogens (tertiary/aromatic N) is 1. The van der Waals surface area contributed by atoms with Crippen LogP contribution in [0.4, 0.5) is 0 Å². The van der Waals surface area contributed by atoms with Crippen molar-refractivity contribution in [1.29, 1.82) is 10.7 Å². The van der Waals surface area contributed by atoms with Crippen molar-refractivity contribution in [3.8, 4) is 17.6 Å². The average molecular weight is 447 g/mol. The summed E-state index contributed by atoms with van der Waals surface area (Å²) in [5.74, 6) is 1.02. The largest absolute Gasteiger partial charge is 0.504 e. The van der Waals surface area contributed by atoms with Crippen LogP contribution in [0.25, 0.3) is 0 Å². The van der Waals surface area contributed by atoms with Gasteiger partial charge in [-0.2, -0.15) is 5.26 Å². The quantitative estimate of drug-likeness (QED) is 0.623. The first-order valence-corrected chi connectivity index (χ1v) is 11.6. The van der Waals surface area contributed by atoms with Gasteiger partial charge in [-0.05, 0) is 72.1 Å². The lowest BCUT2D eigenvalue weighted by atomic mass is 9.54. The van der Waals surface area contributed by atoms with Crippen LogP contribution in [0, 0.1) is 34.0 Å². The van der Waals surface area contributed by atoms with Gasteiger partial charge in [-0.1, -0.05) is 19.1 Å². The molecule has 6 nitrogen and oxygen atoms in total. The minimum atomic E-state index is -0.468. The van der Waals surface area contributed by atoms with Gasteiger partial charge in [0.1, 0.15) is 0 Å². The van der Waals surface area contributed by atoms with Gasteiger partial charge in [0.25, 0.3) is 0 Å². The Morgan fingerprint density at radius 1 is 1.21 bits per heavy atom. The zero-order chi connectivity index (χ0) is 23.3. The third-order valence-electron chi connectivity index (χ3n) is 8.35. The first-order chi connectivity index (χ1) is 15.9. The Balaban J connectivity index is 1.50. The SMILES string of the molecule is COc1cc2c(cc1O)C(OCc1ccc(C#N)cc1)C[C@@H]1[C@@H]2CC[C@]2(C)C(O)CC(=N)[C@@H]12. The second-order valence-electron chi connectivity index (χ2n) is 10.0. The Morgan fingerprint density at radius 3 is 2.67 bits per heavy atom. The van der Waals surface area contributed by atoms with Crippen molar-refractivity contribution in [1.82, 2.24) is 0 Å². The summed E-state index contributed by atoms with van der Waals surface area (Å²) in [5, 5.41) is 39.0. The first kappa shape index (κ1) is 21.9. The molecule has 2 fully saturated rings. The van der Waals surface area contributed by atoms with Crippen molar-refractivity contribution in [3.63, 3.8) is 0 Å². The van der Waals surface area contributed by atoms with E-state index in [1.165, 1.54) is 0 Å². The van der Waals surface area contributed by atoms with E-state index in [1.54, 1.807) is 25.3 Å². The molecule has 172 valence electrons. The molecule has 0 heterocycles. The van der Waals surface area contributed by atoms with Crippen molar-refractivity contribution < 1.29 is 19.7 Å². The van der Waals surface area contributed by atoms with E-state index in [0.29, 0.717) is 30.1 Å². The average Bonchev–Trinajstić information content (AvgIpc) is 3.05. The number of hydrogen-bond donors (Lipinski definition) is 3. The van der Waals surface area contributed by atoms with Gasteiger partial charge in [0, 0.05) is 23.5 Å². The van der Waals surface area contributed by atoms with Crippen LogP contribution in [0.1, 0.15) is 66.9 Å². The molecule has 5 rings (SSSR count). The maximum atomic E-state index is 10.8. The number of nitriles is 1. The normalized spacial score (nSPS) is 32.4. The lowest BCUT2D eigenvalue weighted by Gasteiger charge is -2.51. The van der Waals surface area contributed by atoms with E-state index < -0.39 is 6.10 Å². The monoisotopic (exact) mass is 446 g/mol. The molecule has 2 unspecified atom stereocenters. The predicted octanol–water partition coefficient (Wildman–Crippen LogP) is 4.83. The minimum Gasteiger partial charge on any atom is -0.504 e. The van der Waals surface area contributed by atoms with Crippen molar-refractivity contribution in [2.24, 2.45) is 17.3 Å². The first-order valence-electron chi connectivity index (χ1n) is 11.6. The van der Waals surface area contributed by atoms with E-state index in [1.807, 2.05) is 18.2 Å². The lowest BCUT2D eigenvalue weighted by Crippen LogP contribution is -2.46. The van der Waals surface area contributed by atoms with Crippen LogP contribution in [0.3, 0.4) is 0 Å². The standard InChI is InChI=1S/C27H30N2O4/c1-27-8-7-17-18-10-24(32-2)22(30)9-19(18)23(11-20(17)26(27)21(29)12-25(27)31)33-14-16-5-3-15(13-28)4-6-16/h3-6,9-10,17,20,23,25-26,29-31H,7-8,11-12,14H2,1-2H3/t17-,20-,23?,25?,26-,27-/m1/s1. The molecule has 0 bridgehead atoms. The summed E-state index contributed by atoms with van der Waals surface area (Å²) in [7, 11) is 1.56. The predicted molar refractivity (Wildman–Crippen MR) is 123 cm³/mol. The summed E-state index contributed by atoms with van der Waals surface area (Å²) in [6.45, 7) is 2.53. The highest BCUT2D eigenvalue weighted by Crippen LogP contribution is 2.62. The van der Waals surface area contributed by atoms with Gasteiger partial charge < -0.3 is 25.1 Å². The molecule has 6 atom stereocenters. The summed E-state index contributed by atoms with van der Waals surface area (Å²) < 4.78 is 11.8. The molecule has 2 aromatic carbocycles. The molecular formula is C27H30N2O4. The molecule has 2 saturated carbocycles. The fraction of sp³-hybridized carbons (Fsp3) is 0.481. The molecule has 0 saturated heterocycles. The minimum absolute atomic E-state index is 0.0280. The van der Waals surface area contributed by atoms with E-state index in [0.717, 1.165) is 36.0 Å². The number of nitrogens with one attached hydrogen (secondary N) is 1. The Morgan fingerprint density at radius 2 is 1.97 bits per heavy atom. The van der Waals surface area contributed by atoms with Gasteiger partial charge in [-0.15, -0.1) is 0 Å². The van der Waals surface area contributed by atoms with E-state index in [9.17, 15) is 10.2 Å². The third kappa shape index (κ3) is 3.51. The van der Waals surface area contributed by atoms with Crippen LogP contribution in [0.2, 0.25) is 0 Å². The van der Waals surface area contributed by atoms with E-state index >= 15 is 0 Å². The van der Waals surface area contributed by atoms with Crippen molar-refractivity contribution in [2.45, 2.75) is 57.3 Å². The molecule has 0 radical (unpaired) electrons. The maximum Gasteiger partial charge on any atom is 0.160 e. The summed E-state index contributed by atoms with van der Waals surface area (Å²) in [4.78, 5) is 0. The molecule has 3 aliphatic carbocycles. The van der Waals surface area contributed by atoms with E-state index in [2.05, 4.69) is 13.0 Å². The van der Waals surface area contributed by atoms with Crippen LogP contribution >= 0.6 is 0 Å². The molecule has 6 heteroatoms.